The van der Waals surface area contributed by atoms with Gasteiger partial charge in [-0.05, 0) is 68.6 Å². The number of rotatable bonds is 8. The third-order valence-electron chi connectivity index (χ3n) is 4.58. The van der Waals surface area contributed by atoms with E-state index in [2.05, 4.69) is 9.88 Å². The number of halogens is 2. The molecular weight excluding hydrogens is 371 g/mol. The fourth-order valence-electron chi connectivity index (χ4n) is 3.03. The summed E-state index contributed by atoms with van der Waals surface area (Å²) in [4.78, 5) is 6.63. The van der Waals surface area contributed by atoms with Gasteiger partial charge < -0.3 is 14.4 Å². The average molecular weight is 395 g/mol. The van der Waals surface area contributed by atoms with Crippen molar-refractivity contribution in [2.45, 2.75) is 19.3 Å². The van der Waals surface area contributed by atoms with Crippen LogP contribution < -0.4 is 9.47 Å². The van der Waals surface area contributed by atoms with Crippen LogP contribution in [-0.4, -0.2) is 42.7 Å². The molecule has 1 aromatic heterocycles. The first-order valence-corrected chi connectivity index (χ1v) is 9.80. The summed E-state index contributed by atoms with van der Waals surface area (Å²) < 4.78 is 11.5. The van der Waals surface area contributed by atoms with Crippen molar-refractivity contribution in [3.8, 4) is 11.6 Å². The van der Waals surface area contributed by atoms with Crippen LogP contribution in [0.3, 0.4) is 0 Å². The second kappa shape index (κ2) is 10.0. The minimum absolute atomic E-state index is 0.622. The molecule has 0 atom stereocenters. The molecule has 1 saturated heterocycles. The van der Waals surface area contributed by atoms with E-state index in [0.29, 0.717) is 23.4 Å². The highest BCUT2D eigenvalue weighted by molar-refractivity contribution is 6.30. The molecule has 1 fully saturated rings. The van der Waals surface area contributed by atoms with Gasteiger partial charge in [-0.15, -0.1) is 0 Å². The van der Waals surface area contributed by atoms with E-state index in [1.165, 1.54) is 12.8 Å². The van der Waals surface area contributed by atoms with Crippen LogP contribution in [0.15, 0.2) is 42.6 Å². The smallest absolute Gasteiger partial charge is 0.213 e. The Hall–Kier alpha value is -1.49. The maximum absolute atomic E-state index is 5.89. The first-order chi connectivity index (χ1) is 12.7. The van der Waals surface area contributed by atoms with Gasteiger partial charge in [0.2, 0.25) is 5.88 Å². The Morgan fingerprint density at radius 2 is 1.69 bits per heavy atom. The van der Waals surface area contributed by atoms with E-state index in [-0.39, 0.29) is 0 Å². The third-order valence-corrected chi connectivity index (χ3v) is 5.05. The Morgan fingerprint density at radius 3 is 2.38 bits per heavy atom. The number of benzene rings is 1. The molecule has 2 aromatic rings. The summed E-state index contributed by atoms with van der Waals surface area (Å²) in [5, 5.41) is 1.36. The Bertz CT molecular complexity index is 657. The first-order valence-electron chi connectivity index (χ1n) is 9.04. The minimum Gasteiger partial charge on any atom is -0.493 e. The van der Waals surface area contributed by atoms with Crippen LogP contribution in [-0.2, 0) is 0 Å². The number of piperidine rings is 1. The van der Waals surface area contributed by atoms with Gasteiger partial charge in [0.15, 0.2) is 0 Å². The quantitative estimate of drug-likeness (QED) is 0.593. The zero-order valence-corrected chi connectivity index (χ0v) is 16.3. The number of likely N-dealkylation sites (tertiary alicyclic amines) is 1. The molecule has 0 bridgehead atoms. The maximum Gasteiger partial charge on any atom is 0.213 e. The molecule has 4 nitrogen and oxygen atoms in total. The summed E-state index contributed by atoms with van der Waals surface area (Å²) in [7, 11) is 0. The topological polar surface area (TPSA) is 34.6 Å². The number of nitrogens with zero attached hydrogens (tertiary/aromatic N) is 2. The number of ether oxygens (including phenoxy) is 2. The summed E-state index contributed by atoms with van der Waals surface area (Å²) in [6.45, 7) is 4.75. The zero-order chi connectivity index (χ0) is 18.2. The third kappa shape index (κ3) is 6.35. The van der Waals surface area contributed by atoms with Crippen molar-refractivity contribution in [3.05, 3.63) is 52.6 Å². The predicted octanol–water partition coefficient (Wildman–Crippen LogP) is 4.95. The zero-order valence-electron chi connectivity index (χ0n) is 14.7. The predicted molar refractivity (Wildman–Crippen MR) is 105 cm³/mol. The molecule has 0 saturated carbocycles. The lowest BCUT2D eigenvalue weighted by molar-refractivity contribution is 0.135. The highest BCUT2D eigenvalue weighted by atomic mass is 35.5. The summed E-state index contributed by atoms with van der Waals surface area (Å²) in [6, 6.07) is 11.2. The molecule has 3 rings (SSSR count). The SMILES string of the molecule is Clc1ccc(OCC2CCN(CCCOc3ccc(Cl)cn3)CC2)cc1. The van der Waals surface area contributed by atoms with Crippen LogP contribution in [0.25, 0.3) is 0 Å². The van der Waals surface area contributed by atoms with Gasteiger partial charge in [0.05, 0.1) is 18.2 Å². The highest BCUT2D eigenvalue weighted by Gasteiger charge is 2.19. The molecule has 1 aromatic carbocycles. The van der Waals surface area contributed by atoms with Crippen molar-refractivity contribution in [3.63, 3.8) is 0 Å². The molecule has 26 heavy (non-hydrogen) atoms. The Labute approximate surface area is 165 Å². The van der Waals surface area contributed by atoms with E-state index in [9.17, 15) is 0 Å². The average Bonchev–Trinajstić information content (AvgIpc) is 2.67. The second-order valence-corrected chi connectivity index (χ2v) is 7.44. The lowest BCUT2D eigenvalue weighted by Gasteiger charge is -2.31. The molecule has 1 aliphatic rings. The Balaban J connectivity index is 1.27. The van der Waals surface area contributed by atoms with Gasteiger partial charge in [0, 0.05) is 23.8 Å². The van der Waals surface area contributed by atoms with Crippen LogP contribution in [0.2, 0.25) is 10.0 Å². The van der Waals surface area contributed by atoms with Crippen LogP contribution >= 0.6 is 23.2 Å². The molecule has 0 radical (unpaired) electrons. The summed E-state index contributed by atoms with van der Waals surface area (Å²) in [5.41, 5.74) is 0. The fraction of sp³-hybridized carbons (Fsp3) is 0.450. The summed E-state index contributed by atoms with van der Waals surface area (Å²) in [5.74, 6) is 2.15. The van der Waals surface area contributed by atoms with E-state index in [1.54, 1.807) is 18.3 Å². The first kappa shape index (κ1) is 19.3. The summed E-state index contributed by atoms with van der Waals surface area (Å²) >= 11 is 11.7. The number of aromatic nitrogens is 1. The molecule has 1 aliphatic heterocycles. The van der Waals surface area contributed by atoms with Gasteiger partial charge in [-0.3, -0.25) is 0 Å². The van der Waals surface area contributed by atoms with E-state index >= 15 is 0 Å². The lowest BCUT2D eigenvalue weighted by atomic mass is 9.98. The van der Waals surface area contributed by atoms with Crippen molar-refractivity contribution >= 4 is 23.2 Å². The Morgan fingerprint density at radius 1 is 0.962 bits per heavy atom. The molecule has 140 valence electrons. The van der Waals surface area contributed by atoms with Crippen LogP contribution in [0.5, 0.6) is 11.6 Å². The minimum atomic E-state index is 0.622. The van der Waals surface area contributed by atoms with E-state index in [4.69, 9.17) is 32.7 Å². The number of hydrogen-bond donors (Lipinski definition) is 0. The Kier molecular flexibility index (Phi) is 7.42. The van der Waals surface area contributed by atoms with Crippen LogP contribution in [0.1, 0.15) is 19.3 Å². The molecule has 0 amide bonds. The standard InChI is InChI=1S/C20H24Cl2N2O2/c21-17-2-5-19(6-3-17)26-15-16-8-11-24(12-9-16)10-1-13-25-20-7-4-18(22)14-23-20/h2-7,14,16H,1,8-13,15H2. The van der Waals surface area contributed by atoms with Gasteiger partial charge in [-0.1, -0.05) is 23.2 Å². The molecule has 0 unspecified atom stereocenters. The largest absolute Gasteiger partial charge is 0.493 e. The monoisotopic (exact) mass is 394 g/mol. The van der Waals surface area contributed by atoms with E-state index < -0.39 is 0 Å². The van der Waals surface area contributed by atoms with Crippen LogP contribution in [0, 0.1) is 5.92 Å². The molecule has 2 heterocycles. The van der Waals surface area contributed by atoms with Crippen LogP contribution in [0.4, 0.5) is 0 Å². The number of pyridine rings is 1. The summed E-state index contributed by atoms with van der Waals surface area (Å²) in [6.07, 6.45) is 4.95. The van der Waals surface area contributed by atoms with Gasteiger partial charge in [0.1, 0.15) is 5.75 Å². The molecular formula is C20H24Cl2N2O2. The van der Waals surface area contributed by atoms with Crippen molar-refractivity contribution in [2.24, 2.45) is 5.92 Å². The van der Waals surface area contributed by atoms with Gasteiger partial charge in [-0.25, -0.2) is 4.98 Å². The molecule has 0 aliphatic carbocycles. The van der Waals surface area contributed by atoms with E-state index in [1.807, 2.05) is 24.3 Å². The maximum atomic E-state index is 5.89. The van der Waals surface area contributed by atoms with E-state index in [0.717, 1.165) is 43.4 Å². The van der Waals surface area contributed by atoms with Crippen molar-refractivity contribution in [1.82, 2.24) is 9.88 Å². The lowest BCUT2D eigenvalue weighted by Crippen LogP contribution is -2.36. The number of hydrogen-bond acceptors (Lipinski definition) is 4. The second-order valence-electron chi connectivity index (χ2n) is 6.57. The normalized spacial score (nSPS) is 15.8. The van der Waals surface area contributed by atoms with Crippen molar-refractivity contribution in [2.75, 3.05) is 32.8 Å². The molecule has 0 spiro atoms. The van der Waals surface area contributed by atoms with Crippen molar-refractivity contribution in [1.29, 1.82) is 0 Å². The van der Waals surface area contributed by atoms with Gasteiger partial charge in [-0.2, -0.15) is 0 Å². The van der Waals surface area contributed by atoms with Gasteiger partial charge in [0.25, 0.3) is 0 Å². The fourth-order valence-corrected chi connectivity index (χ4v) is 3.27. The molecule has 6 heteroatoms. The molecule has 0 N–H and O–H groups in total. The van der Waals surface area contributed by atoms with Gasteiger partial charge >= 0.3 is 0 Å². The highest BCUT2D eigenvalue weighted by Crippen LogP contribution is 2.21. The van der Waals surface area contributed by atoms with Crippen molar-refractivity contribution < 1.29 is 9.47 Å².